The van der Waals surface area contributed by atoms with Crippen molar-refractivity contribution in [1.29, 1.82) is 0 Å². The topological polar surface area (TPSA) is 72.5 Å². The van der Waals surface area contributed by atoms with Gasteiger partial charge in [-0.1, -0.05) is 49.4 Å². The van der Waals surface area contributed by atoms with Crippen LogP contribution in [0.5, 0.6) is 0 Å². The van der Waals surface area contributed by atoms with E-state index in [2.05, 4.69) is 24.0 Å². The average Bonchev–Trinajstić information content (AvgIpc) is 2.99. The second-order valence-corrected chi connectivity index (χ2v) is 6.97. The van der Waals surface area contributed by atoms with E-state index in [0.29, 0.717) is 6.54 Å². The van der Waals surface area contributed by atoms with Crippen LogP contribution in [0.4, 0.5) is 0 Å². The predicted octanol–water partition coefficient (Wildman–Crippen LogP) is 3.11. The highest BCUT2D eigenvalue weighted by Crippen LogP contribution is 2.33. The van der Waals surface area contributed by atoms with Crippen LogP contribution in [-0.2, 0) is 10.0 Å². The third-order valence-electron chi connectivity index (χ3n) is 3.95. The summed E-state index contributed by atoms with van der Waals surface area (Å²) in [4.78, 5) is 4.76. The molecular weight excluding hydrogens is 308 g/mol. The summed E-state index contributed by atoms with van der Waals surface area (Å²) in [5.74, 6) is 0. The van der Waals surface area contributed by atoms with Crippen LogP contribution in [0.3, 0.4) is 0 Å². The smallest absolute Gasteiger partial charge is 0.238 e. The highest BCUT2D eigenvalue weighted by atomic mass is 32.2. The molecule has 2 N–H and O–H groups in total. The van der Waals surface area contributed by atoms with Crippen LogP contribution in [0.15, 0.2) is 64.5 Å². The molecule has 1 heterocycles. The Hall–Kier alpha value is -2.24. The molecule has 2 aromatic rings. The third-order valence-corrected chi connectivity index (χ3v) is 4.88. The van der Waals surface area contributed by atoms with Gasteiger partial charge in [-0.2, -0.15) is 0 Å². The van der Waals surface area contributed by atoms with Gasteiger partial charge in [-0.15, -0.1) is 0 Å². The Morgan fingerprint density at radius 2 is 1.65 bits per heavy atom. The number of hydrogen-bond acceptors (Lipinski definition) is 3. The molecule has 1 aliphatic heterocycles. The second kappa shape index (κ2) is 6.10. The zero-order valence-electron chi connectivity index (χ0n) is 12.9. The maximum atomic E-state index is 11.4. The molecule has 5 heteroatoms. The quantitative estimate of drug-likeness (QED) is 0.937. The summed E-state index contributed by atoms with van der Waals surface area (Å²) < 4.78 is 22.8. The molecule has 0 unspecified atom stereocenters. The molecule has 0 saturated heterocycles. The minimum Gasteiger partial charge on any atom is -0.284 e. The first-order valence-corrected chi connectivity index (χ1v) is 9.01. The van der Waals surface area contributed by atoms with E-state index >= 15 is 0 Å². The van der Waals surface area contributed by atoms with E-state index in [1.54, 1.807) is 24.3 Å². The lowest BCUT2D eigenvalue weighted by Crippen LogP contribution is -2.12. The van der Waals surface area contributed by atoms with Crippen LogP contribution in [0, 0.1) is 0 Å². The minimum absolute atomic E-state index is 0.121. The molecule has 2 aromatic carbocycles. The molecule has 0 saturated carbocycles. The Labute approximate surface area is 136 Å². The molecule has 0 fully saturated rings. The molecule has 0 spiro atoms. The van der Waals surface area contributed by atoms with Crippen molar-refractivity contribution in [1.82, 2.24) is 0 Å². The molecule has 0 aromatic heterocycles. The normalized spacial score (nSPS) is 15.0. The van der Waals surface area contributed by atoms with Gasteiger partial charge in [-0.25, -0.2) is 13.6 Å². The molecule has 0 bridgehead atoms. The van der Waals surface area contributed by atoms with Crippen molar-refractivity contribution in [3.05, 3.63) is 65.7 Å². The van der Waals surface area contributed by atoms with Crippen LogP contribution >= 0.6 is 0 Å². The van der Waals surface area contributed by atoms with E-state index in [4.69, 9.17) is 5.14 Å². The third kappa shape index (κ3) is 3.11. The van der Waals surface area contributed by atoms with Crippen molar-refractivity contribution in [2.75, 3.05) is 6.54 Å². The number of nitrogens with zero attached hydrogens (tertiary/aromatic N) is 1. The van der Waals surface area contributed by atoms with Gasteiger partial charge in [0.25, 0.3) is 0 Å². The van der Waals surface area contributed by atoms with Gasteiger partial charge in [0.2, 0.25) is 10.0 Å². The SMILES string of the molecule is CCC1=NCC(c2ccccc2)=C1c1ccc(S(N)(=O)=O)cc1. The molecule has 0 radical (unpaired) electrons. The van der Waals surface area contributed by atoms with Crippen LogP contribution in [0.1, 0.15) is 24.5 Å². The van der Waals surface area contributed by atoms with E-state index in [1.807, 2.05) is 18.2 Å². The van der Waals surface area contributed by atoms with Gasteiger partial charge in [-0.05, 0) is 35.3 Å². The maximum absolute atomic E-state index is 11.4. The number of benzene rings is 2. The summed E-state index contributed by atoms with van der Waals surface area (Å²) in [6, 6.07) is 16.8. The second-order valence-electron chi connectivity index (χ2n) is 5.41. The molecule has 0 amide bonds. The number of nitrogens with two attached hydrogens (primary N) is 1. The number of rotatable bonds is 4. The first-order chi connectivity index (χ1) is 11.0. The highest BCUT2D eigenvalue weighted by Gasteiger charge is 2.21. The van der Waals surface area contributed by atoms with Crippen molar-refractivity contribution in [2.24, 2.45) is 10.1 Å². The summed E-state index contributed by atoms with van der Waals surface area (Å²) in [5.41, 5.74) is 5.43. The van der Waals surface area contributed by atoms with E-state index in [-0.39, 0.29) is 4.90 Å². The van der Waals surface area contributed by atoms with Gasteiger partial charge in [-0.3, -0.25) is 4.99 Å². The minimum atomic E-state index is -3.67. The Bertz CT molecular complexity index is 880. The lowest BCUT2D eigenvalue weighted by molar-refractivity contribution is 0.598. The zero-order chi connectivity index (χ0) is 16.4. The van der Waals surface area contributed by atoms with E-state index in [0.717, 1.165) is 28.8 Å². The molecule has 1 aliphatic rings. The Balaban J connectivity index is 2.11. The van der Waals surface area contributed by atoms with E-state index in [9.17, 15) is 8.42 Å². The summed E-state index contributed by atoms with van der Waals surface area (Å²) in [5, 5.41) is 5.17. The standard InChI is InChI=1S/C18H18N2O2S/c1-2-17-18(14-8-10-15(11-9-14)23(19,21)22)16(12-20-17)13-6-4-3-5-7-13/h3-11H,2,12H2,1H3,(H2,19,21,22). The molecule has 118 valence electrons. The fourth-order valence-corrected chi connectivity index (χ4v) is 3.34. The summed E-state index contributed by atoms with van der Waals surface area (Å²) >= 11 is 0. The highest BCUT2D eigenvalue weighted by molar-refractivity contribution is 7.89. The molecule has 23 heavy (non-hydrogen) atoms. The maximum Gasteiger partial charge on any atom is 0.238 e. The van der Waals surface area contributed by atoms with E-state index < -0.39 is 10.0 Å². The molecule has 0 aliphatic carbocycles. The van der Waals surface area contributed by atoms with Crippen molar-refractivity contribution in [3.8, 4) is 0 Å². The molecular formula is C18H18N2O2S. The first kappa shape index (κ1) is 15.6. The van der Waals surface area contributed by atoms with Gasteiger partial charge in [0, 0.05) is 11.3 Å². The summed E-state index contributed by atoms with van der Waals surface area (Å²) in [6.07, 6.45) is 0.836. The number of primary sulfonamides is 1. The van der Waals surface area contributed by atoms with Crippen molar-refractivity contribution in [2.45, 2.75) is 18.2 Å². The van der Waals surface area contributed by atoms with Gasteiger partial charge < -0.3 is 0 Å². The lowest BCUT2D eigenvalue weighted by atomic mass is 9.93. The van der Waals surface area contributed by atoms with Gasteiger partial charge in [0.1, 0.15) is 0 Å². The lowest BCUT2D eigenvalue weighted by Gasteiger charge is -2.11. The predicted molar refractivity (Wildman–Crippen MR) is 93.7 cm³/mol. The number of allylic oxidation sites excluding steroid dienone is 1. The van der Waals surface area contributed by atoms with Crippen molar-refractivity contribution in [3.63, 3.8) is 0 Å². The Morgan fingerprint density at radius 1 is 1.00 bits per heavy atom. The summed E-state index contributed by atoms with van der Waals surface area (Å²) in [7, 11) is -3.67. The molecule has 0 atom stereocenters. The van der Waals surface area contributed by atoms with Crippen molar-refractivity contribution < 1.29 is 8.42 Å². The molecule has 3 rings (SSSR count). The number of hydrogen-bond donors (Lipinski definition) is 1. The number of aliphatic imine (C=N–C) groups is 1. The largest absolute Gasteiger partial charge is 0.284 e. The number of sulfonamides is 1. The average molecular weight is 326 g/mol. The van der Waals surface area contributed by atoms with Crippen LogP contribution < -0.4 is 5.14 Å². The van der Waals surface area contributed by atoms with E-state index in [1.165, 1.54) is 5.57 Å². The van der Waals surface area contributed by atoms with Gasteiger partial charge in [0.05, 0.1) is 11.4 Å². The fraction of sp³-hybridized carbons (Fsp3) is 0.167. The molecule has 4 nitrogen and oxygen atoms in total. The zero-order valence-corrected chi connectivity index (χ0v) is 13.7. The monoisotopic (exact) mass is 326 g/mol. The van der Waals surface area contributed by atoms with Crippen molar-refractivity contribution >= 4 is 26.9 Å². The summed E-state index contributed by atoms with van der Waals surface area (Å²) in [6.45, 7) is 2.73. The Morgan fingerprint density at radius 3 is 2.22 bits per heavy atom. The van der Waals surface area contributed by atoms with Gasteiger partial charge >= 0.3 is 0 Å². The van der Waals surface area contributed by atoms with Gasteiger partial charge in [0.15, 0.2) is 0 Å². The fourth-order valence-electron chi connectivity index (χ4n) is 2.82. The first-order valence-electron chi connectivity index (χ1n) is 7.46. The van der Waals surface area contributed by atoms with Crippen LogP contribution in [0.2, 0.25) is 0 Å². The Kier molecular flexibility index (Phi) is 4.15. The van der Waals surface area contributed by atoms with Crippen LogP contribution in [-0.4, -0.2) is 20.7 Å². The van der Waals surface area contributed by atoms with Crippen LogP contribution in [0.25, 0.3) is 11.1 Å².